The molecule has 284 valence electrons. The Balaban J connectivity index is 1.08. The van der Waals surface area contributed by atoms with Gasteiger partial charge in [-0.05, 0) is 85.7 Å². The van der Waals surface area contributed by atoms with Crippen molar-refractivity contribution in [1.82, 2.24) is 19.4 Å². The third-order valence-corrected chi connectivity index (χ3v) is 10.8. The van der Waals surface area contributed by atoms with E-state index in [2.05, 4.69) is 9.47 Å². The standard InChI is InChI=1S/C41H39F7N4O2/c42-32-12-10-28(11-13-32)26-52-36-9-5-4-8-35(36)49-37(52)25-39(54)15-18-50(19-16-39)33-14-17-51(34(24-33)20-27-6-2-1-3-7-27)38(53)29-21-30(40(43,44)45)23-31(22-29)41(46,47)48/h1-13,21-23,33-34,54H,14-20,24-26H2/t33-,34+/m0/s1. The summed E-state index contributed by atoms with van der Waals surface area (Å²) in [5, 5.41) is 11.9. The first-order chi connectivity index (χ1) is 25.6. The van der Waals surface area contributed by atoms with Crippen LogP contribution in [0.5, 0.6) is 0 Å². The maximum Gasteiger partial charge on any atom is 0.416 e. The lowest BCUT2D eigenvalue weighted by Gasteiger charge is -2.47. The zero-order chi connectivity index (χ0) is 38.3. The van der Waals surface area contributed by atoms with Crippen LogP contribution in [0.4, 0.5) is 30.7 Å². The van der Waals surface area contributed by atoms with E-state index in [1.54, 1.807) is 12.1 Å². The molecule has 0 saturated carbocycles. The normalized spacial score (nSPS) is 19.7. The largest absolute Gasteiger partial charge is 0.416 e. The minimum atomic E-state index is -5.07. The lowest BCUT2D eigenvalue weighted by Crippen LogP contribution is -2.56. The van der Waals surface area contributed by atoms with E-state index in [0.717, 1.165) is 28.0 Å². The van der Waals surface area contributed by atoms with Gasteiger partial charge in [0.1, 0.15) is 11.6 Å². The molecule has 0 spiro atoms. The molecule has 1 aromatic heterocycles. The highest BCUT2D eigenvalue weighted by Crippen LogP contribution is 2.38. The fourth-order valence-electron chi connectivity index (χ4n) is 7.94. The van der Waals surface area contributed by atoms with Gasteiger partial charge in [-0.1, -0.05) is 54.6 Å². The molecular weight excluding hydrogens is 713 g/mol. The van der Waals surface area contributed by atoms with Crippen LogP contribution in [-0.4, -0.2) is 67.7 Å². The predicted molar refractivity (Wildman–Crippen MR) is 189 cm³/mol. The summed E-state index contributed by atoms with van der Waals surface area (Å²) in [6.45, 7) is 1.70. The number of hydrogen-bond acceptors (Lipinski definition) is 4. The minimum Gasteiger partial charge on any atom is -0.389 e. The van der Waals surface area contributed by atoms with Gasteiger partial charge in [0.15, 0.2) is 0 Å². The van der Waals surface area contributed by atoms with E-state index >= 15 is 0 Å². The van der Waals surface area contributed by atoms with E-state index in [4.69, 9.17) is 4.98 Å². The Labute approximate surface area is 307 Å². The second kappa shape index (κ2) is 14.8. The van der Waals surface area contributed by atoms with Crippen molar-refractivity contribution in [1.29, 1.82) is 0 Å². The quantitative estimate of drug-likeness (QED) is 0.162. The van der Waals surface area contributed by atoms with Crippen LogP contribution in [0.2, 0.25) is 0 Å². The predicted octanol–water partition coefficient (Wildman–Crippen LogP) is 8.55. The van der Waals surface area contributed by atoms with Crippen LogP contribution in [0.25, 0.3) is 11.0 Å². The van der Waals surface area contributed by atoms with Crippen molar-refractivity contribution in [3.8, 4) is 0 Å². The molecule has 0 bridgehead atoms. The van der Waals surface area contributed by atoms with Crippen molar-refractivity contribution in [3.05, 3.63) is 137 Å². The average molecular weight is 753 g/mol. The smallest absolute Gasteiger partial charge is 0.389 e. The van der Waals surface area contributed by atoms with Crippen molar-refractivity contribution >= 4 is 16.9 Å². The van der Waals surface area contributed by atoms with Crippen molar-refractivity contribution in [3.63, 3.8) is 0 Å². The first kappa shape index (κ1) is 37.6. The van der Waals surface area contributed by atoms with Crippen molar-refractivity contribution in [2.45, 2.75) is 75.1 Å². The molecule has 0 radical (unpaired) electrons. The van der Waals surface area contributed by atoms with Gasteiger partial charge in [0.25, 0.3) is 5.91 Å². The number of halogens is 7. The number of likely N-dealkylation sites (tertiary alicyclic amines) is 2. The molecule has 2 fully saturated rings. The molecular formula is C41H39F7N4O2. The van der Waals surface area contributed by atoms with Crippen LogP contribution in [0.3, 0.4) is 0 Å². The maximum atomic E-state index is 13.8. The van der Waals surface area contributed by atoms with E-state index in [0.29, 0.717) is 70.3 Å². The highest BCUT2D eigenvalue weighted by molar-refractivity contribution is 5.95. The Morgan fingerprint density at radius 3 is 2.07 bits per heavy atom. The van der Waals surface area contributed by atoms with Crippen LogP contribution in [0.1, 0.15) is 64.1 Å². The Hall–Kier alpha value is -4.75. The maximum absolute atomic E-state index is 13.8. The van der Waals surface area contributed by atoms with E-state index < -0.39 is 46.6 Å². The molecule has 7 rings (SSSR count). The summed E-state index contributed by atoms with van der Waals surface area (Å²) in [6, 6.07) is 23.8. The molecule has 13 heteroatoms. The Kier molecular flexibility index (Phi) is 10.3. The highest BCUT2D eigenvalue weighted by atomic mass is 19.4. The molecule has 1 amide bonds. The van der Waals surface area contributed by atoms with Crippen LogP contribution in [0.15, 0.2) is 97.1 Å². The fraction of sp³-hybridized carbons (Fsp3) is 0.366. The van der Waals surface area contributed by atoms with E-state index in [9.17, 15) is 40.6 Å². The molecule has 2 atom stereocenters. The van der Waals surface area contributed by atoms with E-state index in [1.165, 1.54) is 17.0 Å². The molecule has 2 saturated heterocycles. The zero-order valence-corrected chi connectivity index (χ0v) is 29.3. The number of carbonyl (C=O) groups is 1. The first-order valence-corrected chi connectivity index (χ1v) is 17.9. The monoisotopic (exact) mass is 752 g/mol. The number of hydrogen-bond donors (Lipinski definition) is 1. The number of alkyl halides is 6. The van der Waals surface area contributed by atoms with Gasteiger partial charge in [-0.3, -0.25) is 4.79 Å². The lowest BCUT2D eigenvalue weighted by molar-refractivity contribution is -0.143. The van der Waals surface area contributed by atoms with Gasteiger partial charge < -0.3 is 19.5 Å². The molecule has 5 aromatic rings. The molecule has 1 N–H and O–H groups in total. The van der Waals surface area contributed by atoms with Crippen molar-refractivity contribution in [2.75, 3.05) is 19.6 Å². The van der Waals surface area contributed by atoms with Crippen LogP contribution in [-0.2, 0) is 31.7 Å². The highest BCUT2D eigenvalue weighted by Gasteiger charge is 2.42. The summed E-state index contributed by atoms with van der Waals surface area (Å²) >= 11 is 0. The van der Waals surface area contributed by atoms with Crippen LogP contribution < -0.4 is 0 Å². The molecule has 2 aliphatic heterocycles. The summed E-state index contributed by atoms with van der Waals surface area (Å²) in [6.07, 6.45) is -7.66. The minimum absolute atomic E-state index is 0.0254. The van der Waals surface area contributed by atoms with Crippen LogP contribution in [0, 0.1) is 5.82 Å². The third kappa shape index (κ3) is 8.32. The third-order valence-electron chi connectivity index (χ3n) is 10.8. The number of aliphatic hydroxyl groups is 1. The number of fused-ring (bicyclic) bond motifs is 1. The Morgan fingerprint density at radius 2 is 1.43 bits per heavy atom. The number of carbonyl (C=O) groups excluding carboxylic acids is 1. The second-order valence-electron chi connectivity index (χ2n) is 14.5. The summed E-state index contributed by atoms with van der Waals surface area (Å²) in [7, 11) is 0. The van der Waals surface area contributed by atoms with Crippen molar-refractivity contribution in [2.24, 2.45) is 0 Å². The number of amides is 1. The molecule has 3 heterocycles. The van der Waals surface area contributed by atoms with E-state index in [-0.39, 0.29) is 24.5 Å². The summed E-state index contributed by atoms with van der Waals surface area (Å²) < 4.78 is 97.7. The number of aromatic nitrogens is 2. The summed E-state index contributed by atoms with van der Waals surface area (Å²) in [5.74, 6) is -0.480. The van der Waals surface area contributed by atoms with Gasteiger partial charge >= 0.3 is 12.4 Å². The Bertz CT molecular complexity index is 2060. The second-order valence-corrected chi connectivity index (χ2v) is 14.5. The Morgan fingerprint density at radius 1 is 0.796 bits per heavy atom. The lowest BCUT2D eigenvalue weighted by atomic mass is 9.84. The fourth-order valence-corrected chi connectivity index (χ4v) is 7.94. The van der Waals surface area contributed by atoms with E-state index in [1.807, 2.05) is 54.6 Å². The molecule has 0 aliphatic carbocycles. The molecule has 4 aromatic carbocycles. The summed E-state index contributed by atoms with van der Waals surface area (Å²) in [5.41, 5.74) is -1.28. The average Bonchev–Trinajstić information content (AvgIpc) is 3.47. The molecule has 2 aliphatic rings. The number of nitrogens with zero attached hydrogens (tertiary/aromatic N) is 4. The van der Waals surface area contributed by atoms with Gasteiger partial charge in [0.05, 0.1) is 27.8 Å². The topological polar surface area (TPSA) is 61.6 Å². The van der Waals surface area contributed by atoms with Crippen molar-refractivity contribution < 1.29 is 40.6 Å². The number of benzene rings is 4. The van der Waals surface area contributed by atoms with Gasteiger partial charge in [0.2, 0.25) is 0 Å². The molecule has 0 unspecified atom stereocenters. The van der Waals surface area contributed by atoms with Gasteiger partial charge in [-0.2, -0.15) is 26.3 Å². The van der Waals surface area contributed by atoms with Gasteiger partial charge in [0, 0.05) is 50.2 Å². The number of rotatable bonds is 8. The zero-order valence-electron chi connectivity index (χ0n) is 29.3. The SMILES string of the molecule is O=C(c1cc(C(F)(F)F)cc(C(F)(F)F)c1)N1CC[C@H](N2CCC(O)(Cc3nc4ccccc4n3Cc3ccc(F)cc3)CC2)C[C@H]1Cc1ccccc1. The van der Waals surface area contributed by atoms with Crippen LogP contribution >= 0.6 is 0 Å². The number of para-hydroxylation sites is 2. The number of piperidine rings is 2. The van der Waals surface area contributed by atoms with Gasteiger partial charge in [-0.15, -0.1) is 0 Å². The number of imidazole rings is 1. The van der Waals surface area contributed by atoms with Gasteiger partial charge in [-0.25, -0.2) is 9.37 Å². The summed E-state index contributed by atoms with van der Waals surface area (Å²) in [4.78, 5) is 22.4. The first-order valence-electron chi connectivity index (χ1n) is 17.9. The molecule has 6 nitrogen and oxygen atoms in total. The molecule has 54 heavy (non-hydrogen) atoms.